The molecule has 154 valence electrons. The van der Waals surface area contributed by atoms with Crippen LogP contribution in [0.1, 0.15) is 54.4 Å². The Balaban J connectivity index is 2.77. The Morgan fingerprint density at radius 1 is 1.00 bits per heavy atom. The summed E-state index contributed by atoms with van der Waals surface area (Å²) in [6.45, 7) is 14.2. The first-order chi connectivity index (χ1) is 12.6. The summed E-state index contributed by atoms with van der Waals surface area (Å²) in [7, 11) is -4.07. The largest absolute Gasteiger partial charge is 0.486 e. The molecule has 1 aromatic rings. The van der Waals surface area contributed by atoms with E-state index in [1.54, 1.807) is 36.4 Å². The summed E-state index contributed by atoms with van der Waals surface area (Å²) in [5.41, 5.74) is 1.63. The summed E-state index contributed by atoms with van der Waals surface area (Å²) >= 11 is 0. The van der Waals surface area contributed by atoms with Crippen LogP contribution in [0.25, 0.3) is 0 Å². The van der Waals surface area contributed by atoms with Gasteiger partial charge in [-0.3, -0.25) is 0 Å². The van der Waals surface area contributed by atoms with E-state index in [0.29, 0.717) is 29.7 Å². The highest BCUT2D eigenvalue weighted by atomic mass is 32.2. The second kappa shape index (κ2) is 10.4. The lowest BCUT2D eigenvalue weighted by atomic mass is 10.3. The van der Waals surface area contributed by atoms with E-state index in [1.165, 1.54) is 7.11 Å². The second-order valence-electron chi connectivity index (χ2n) is 7.85. The average molecular weight is 413 g/mol. The van der Waals surface area contributed by atoms with Crippen LogP contribution in [0, 0.1) is 0 Å². The van der Waals surface area contributed by atoms with Gasteiger partial charge in [-0.25, -0.2) is 8.42 Å². The third-order valence-electron chi connectivity index (χ3n) is 5.24. The minimum atomic E-state index is -3.60. The molecule has 0 amide bonds. The van der Waals surface area contributed by atoms with Gasteiger partial charge in [0.25, 0.3) is 0 Å². The minimum absolute atomic E-state index is 0.00814. The van der Waals surface area contributed by atoms with Gasteiger partial charge in [0.2, 0.25) is 14.9 Å². The second-order valence-corrected chi connectivity index (χ2v) is 15.2. The lowest BCUT2D eigenvalue weighted by Gasteiger charge is -2.42. The molecule has 0 saturated carbocycles. The lowest BCUT2D eigenvalue weighted by Crippen LogP contribution is -2.47. The fourth-order valence-corrected chi connectivity index (χ4v) is 10.9. The van der Waals surface area contributed by atoms with Crippen LogP contribution < -0.4 is 0 Å². The molecule has 27 heavy (non-hydrogen) atoms. The van der Waals surface area contributed by atoms with E-state index in [2.05, 4.69) is 41.5 Å². The van der Waals surface area contributed by atoms with Gasteiger partial charge in [0.05, 0.1) is 12.0 Å². The molecule has 0 heterocycles. The van der Waals surface area contributed by atoms with Crippen molar-refractivity contribution in [2.45, 2.75) is 75.9 Å². The van der Waals surface area contributed by atoms with Crippen LogP contribution in [0.4, 0.5) is 0 Å². The number of ether oxygens (including phenoxy) is 1. The molecule has 4 nitrogen and oxygen atoms in total. The summed E-state index contributed by atoms with van der Waals surface area (Å²) in [4.78, 5) is 0.250. The molecule has 1 aromatic carbocycles. The van der Waals surface area contributed by atoms with Gasteiger partial charge in [0.1, 0.15) is 0 Å². The first-order valence-corrected chi connectivity index (χ1v) is 13.4. The Bertz CT molecular complexity index is 672. The number of allylic oxidation sites excluding steroid dienone is 1. The summed E-state index contributed by atoms with van der Waals surface area (Å²) in [6.07, 6.45) is 3.04. The van der Waals surface area contributed by atoms with Gasteiger partial charge in [0, 0.05) is 6.61 Å². The molecule has 0 fully saturated rings. The van der Waals surface area contributed by atoms with Crippen molar-refractivity contribution in [3.63, 3.8) is 0 Å². The topological polar surface area (TPSA) is 52.6 Å². The molecular formula is C21H36O4SSi. The molecule has 0 N–H and O–H groups in total. The molecule has 0 aliphatic rings. The molecule has 0 unspecified atom stereocenters. The molecule has 0 saturated heterocycles. The van der Waals surface area contributed by atoms with E-state index in [0.717, 1.165) is 6.42 Å². The van der Waals surface area contributed by atoms with Crippen molar-refractivity contribution >= 4 is 18.2 Å². The quantitative estimate of drug-likeness (QED) is 0.257. The van der Waals surface area contributed by atoms with E-state index in [1.807, 2.05) is 0 Å². The van der Waals surface area contributed by atoms with E-state index >= 15 is 0 Å². The fourth-order valence-electron chi connectivity index (χ4n) is 4.07. The predicted octanol–water partition coefficient (Wildman–Crippen LogP) is 5.92. The SMILES string of the molecule is CO/C(=C/CCCO[Si](C(C)C)(C(C)C)C(C)C)S(=O)(=O)c1ccccc1. The number of unbranched alkanes of at least 4 members (excludes halogenated alkanes) is 1. The number of sulfone groups is 1. The van der Waals surface area contributed by atoms with E-state index in [-0.39, 0.29) is 9.99 Å². The van der Waals surface area contributed by atoms with Gasteiger partial charge in [-0.05, 0) is 47.7 Å². The van der Waals surface area contributed by atoms with Gasteiger partial charge in [-0.1, -0.05) is 59.7 Å². The van der Waals surface area contributed by atoms with Gasteiger partial charge < -0.3 is 9.16 Å². The number of hydrogen-bond donors (Lipinski definition) is 0. The van der Waals surface area contributed by atoms with Crippen molar-refractivity contribution < 1.29 is 17.6 Å². The molecule has 1 rings (SSSR count). The van der Waals surface area contributed by atoms with Crippen molar-refractivity contribution in [2.75, 3.05) is 13.7 Å². The molecule has 0 aliphatic heterocycles. The first-order valence-electron chi connectivity index (χ1n) is 9.78. The molecule has 0 aromatic heterocycles. The van der Waals surface area contributed by atoms with Gasteiger partial charge in [0.15, 0.2) is 8.32 Å². The Morgan fingerprint density at radius 2 is 1.52 bits per heavy atom. The highest BCUT2D eigenvalue weighted by molar-refractivity contribution is 7.95. The van der Waals surface area contributed by atoms with Crippen molar-refractivity contribution in [1.82, 2.24) is 0 Å². The predicted molar refractivity (Wildman–Crippen MR) is 115 cm³/mol. The van der Waals surface area contributed by atoms with Crippen LogP contribution >= 0.6 is 0 Å². The normalized spacial score (nSPS) is 13.6. The Labute approximate surface area is 167 Å². The van der Waals surface area contributed by atoms with Crippen LogP contribution in [-0.4, -0.2) is 30.5 Å². The molecule has 6 heteroatoms. The number of hydrogen-bond acceptors (Lipinski definition) is 4. The zero-order chi connectivity index (χ0) is 20.7. The van der Waals surface area contributed by atoms with Crippen LogP contribution in [-0.2, 0) is 19.0 Å². The summed E-state index contributed by atoms with van der Waals surface area (Å²) in [5, 5.41) is 0.00814. The Morgan fingerprint density at radius 3 is 1.96 bits per heavy atom. The highest BCUT2D eigenvalue weighted by Gasteiger charge is 2.44. The third kappa shape index (κ3) is 5.68. The van der Waals surface area contributed by atoms with Gasteiger partial charge >= 0.3 is 0 Å². The van der Waals surface area contributed by atoms with Crippen molar-refractivity contribution in [3.05, 3.63) is 41.5 Å². The van der Waals surface area contributed by atoms with Crippen LogP contribution in [0.2, 0.25) is 16.6 Å². The van der Waals surface area contributed by atoms with Crippen LogP contribution in [0.5, 0.6) is 0 Å². The maximum absolute atomic E-state index is 12.6. The Hall–Kier alpha value is -1.11. The summed E-state index contributed by atoms with van der Waals surface area (Å²) in [6, 6.07) is 8.38. The number of methoxy groups -OCH3 is 1. The summed E-state index contributed by atoms with van der Waals surface area (Å²) in [5.74, 6) is 0. The highest BCUT2D eigenvalue weighted by Crippen LogP contribution is 2.42. The fraction of sp³-hybridized carbons (Fsp3) is 0.619. The maximum Gasteiger partial charge on any atom is 0.238 e. The molecular weight excluding hydrogens is 376 g/mol. The molecule has 0 bridgehead atoms. The smallest absolute Gasteiger partial charge is 0.238 e. The van der Waals surface area contributed by atoms with E-state index in [9.17, 15) is 8.42 Å². The Kier molecular flexibility index (Phi) is 9.25. The first kappa shape index (κ1) is 23.9. The molecule has 0 atom stereocenters. The zero-order valence-electron chi connectivity index (χ0n) is 17.9. The third-order valence-corrected chi connectivity index (χ3v) is 13.1. The van der Waals surface area contributed by atoms with Gasteiger partial charge in [-0.15, -0.1) is 0 Å². The van der Waals surface area contributed by atoms with Crippen LogP contribution in [0.3, 0.4) is 0 Å². The van der Waals surface area contributed by atoms with E-state index in [4.69, 9.17) is 9.16 Å². The number of benzene rings is 1. The summed E-state index contributed by atoms with van der Waals surface area (Å²) < 4.78 is 37.0. The zero-order valence-corrected chi connectivity index (χ0v) is 19.7. The standard InChI is InChI=1S/C21H36O4SSi/c1-17(2)27(18(3)4,19(5)6)25-16-12-11-15-21(24-7)26(22,23)20-13-9-8-10-14-20/h8-10,13-15,17-19H,11-12,16H2,1-7H3/b21-15-. The maximum atomic E-state index is 12.6. The van der Waals surface area contributed by atoms with Crippen molar-refractivity contribution in [1.29, 1.82) is 0 Å². The molecule has 0 radical (unpaired) electrons. The number of rotatable bonds is 11. The molecule has 0 spiro atoms. The van der Waals surface area contributed by atoms with Gasteiger partial charge in [-0.2, -0.15) is 0 Å². The lowest BCUT2D eigenvalue weighted by molar-refractivity contribution is 0.272. The van der Waals surface area contributed by atoms with Crippen molar-refractivity contribution in [2.24, 2.45) is 0 Å². The molecule has 0 aliphatic carbocycles. The monoisotopic (exact) mass is 412 g/mol. The van der Waals surface area contributed by atoms with Crippen LogP contribution in [0.15, 0.2) is 46.4 Å². The minimum Gasteiger partial charge on any atom is -0.486 e. The van der Waals surface area contributed by atoms with E-state index < -0.39 is 18.2 Å². The van der Waals surface area contributed by atoms with Crippen molar-refractivity contribution in [3.8, 4) is 0 Å². The average Bonchev–Trinajstić information content (AvgIpc) is 2.60.